The summed E-state index contributed by atoms with van der Waals surface area (Å²) >= 11 is 1.38. The Kier molecular flexibility index (Phi) is 6.71. The highest BCUT2D eigenvalue weighted by molar-refractivity contribution is 7.14. The van der Waals surface area contributed by atoms with Crippen molar-refractivity contribution in [2.45, 2.75) is 45.6 Å². The lowest BCUT2D eigenvalue weighted by molar-refractivity contribution is -0.136. The Balaban J connectivity index is 1.57. The van der Waals surface area contributed by atoms with E-state index in [0.717, 1.165) is 28.2 Å². The first kappa shape index (κ1) is 23.5. The van der Waals surface area contributed by atoms with E-state index in [1.165, 1.54) is 28.0 Å². The molecule has 0 fully saturated rings. The zero-order valence-corrected chi connectivity index (χ0v) is 20.2. The molecule has 4 rings (SSSR count). The molecule has 3 aromatic rings. The van der Waals surface area contributed by atoms with Crippen LogP contribution in [-0.4, -0.2) is 23.5 Å². The number of aryl methyl sites for hydroxylation is 1. The molecule has 1 aliphatic heterocycles. The van der Waals surface area contributed by atoms with Crippen LogP contribution >= 0.6 is 11.3 Å². The molecule has 2 aromatic carbocycles. The maximum atomic E-state index is 12.3. The second kappa shape index (κ2) is 9.70. The molecule has 34 heavy (non-hydrogen) atoms. The molecule has 6 nitrogen and oxygen atoms in total. The number of carbonyl (C=O) groups excluding carboxylic acids is 1. The fraction of sp³-hybridized carbons (Fsp3) is 0.296. The number of aliphatic carboxylic acids is 1. The summed E-state index contributed by atoms with van der Waals surface area (Å²) in [5, 5.41) is 20.5. The lowest BCUT2D eigenvalue weighted by Gasteiger charge is -2.33. The van der Waals surface area contributed by atoms with E-state index in [2.05, 4.69) is 38.2 Å². The van der Waals surface area contributed by atoms with Crippen molar-refractivity contribution >= 4 is 23.2 Å². The number of thiophene rings is 1. The van der Waals surface area contributed by atoms with Gasteiger partial charge in [-0.15, -0.1) is 11.3 Å². The standard InChI is InChI=1S/C27H26N2O4S/c1-15-13-21-26(17(3)25(15)19-6-4-18(14-28)5-7-19)16(2)12-20(33-21)22-8-9-23(34-22)27(32)29-11-10-24(30)31/h4-9,13,16,20H,10-12H2,1-3H3,(H,29,32)(H,30,31). The van der Waals surface area contributed by atoms with Crippen LogP contribution in [0, 0.1) is 25.2 Å². The SMILES string of the molecule is Cc1cc2c(c(C)c1-c1ccc(C#N)cc1)C(C)CC(c1ccc(C(=O)NCCC(=O)O)s1)O2. The van der Waals surface area contributed by atoms with E-state index in [4.69, 9.17) is 15.1 Å². The molecule has 1 aliphatic rings. The average Bonchev–Trinajstić information content (AvgIpc) is 3.29. The summed E-state index contributed by atoms with van der Waals surface area (Å²) in [6.45, 7) is 6.51. The van der Waals surface area contributed by atoms with Crippen molar-refractivity contribution < 1.29 is 19.4 Å². The Bertz CT molecular complexity index is 1290. The first-order chi connectivity index (χ1) is 16.3. The topological polar surface area (TPSA) is 99.4 Å². The predicted molar refractivity (Wildman–Crippen MR) is 131 cm³/mol. The van der Waals surface area contributed by atoms with Gasteiger partial charge in [-0.2, -0.15) is 5.26 Å². The molecular formula is C27H26N2O4S. The van der Waals surface area contributed by atoms with Crippen LogP contribution in [0.5, 0.6) is 5.75 Å². The van der Waals surface area contributed by atoms with Crippen LogP contribution < -0.4 is 10.1 Å². The Morgan fingerprint density at radius 2 is 1.94 bits per heavy atom. The van der Waals surface area contributed by atoms with E-state index < -0.39 is 5.97 Å². The summed E-state index contributed by atoms with van der Waals surface area (Å²) in [6.07, 6.45) is 0.546. The lowest BCUT2D eigenvalue weighted by atomic mass is 9.83. The van der Waals surface area contributed by atoms with Gasteiger partial charge in [0.1, 0.15) is 11.9 Å². The van der Waals surface area contributed by atoms with Crippen molar-refractivity contribution in [3.05, 3.63) is 74.5 Å². The smallest absolute Gasteiger partial charge is 0.305 e. The van der Waals surface area contributed by atoms with Crippen molar-refractivity contribution in [2.75, 3.05) is 6.54 Å². The number of amides is 1. The summed E-state index contributed by atoms with van der Waals surface area (Å²) in [6, 6.07) is 15.6. The van der Waals surface area contributed by atoms with Crippen molar-refractivity contribution in [2.24, 2.45) is 0 Å². The van der Waals surface area contributed by atoms with Gasteiger partial charge in [0, 0.05) is 17.0 Å². The van der Waals surface area contributed by atoms with E-state index in [1.54, 1.807) is 6.07 Å². The summed E-state index contributed by atoms with van der Waals surface area (Å²) in [5.74, 6) is -0.0673. The number of rotatable bonds is 6. The number of ether oxygens (including phenoxy) is 1. The van der Waals surface area contributed by atoms with Gasteiger partial charge < -0.3 is 15.2 Å². The molecule has 0 radical (unpaired) electrons. The van der Waals surface area contributed by atoms with Gasteiger partial charge in [0.05, 0.1) is 22.9 Å². The van der Waals surface area contributed by atoms with Gasteiger partial charge >= 0.3 is 5.97 Å². The molecule has 174 valence electrons. The molecule has 1 aromatic heterocycles. The second-order valence-corrected chi connectivity index (χ2v) is 9.75. The summed E-state index contributed by atoms with van der Waals surface area (Å²) in [5.41, 5.74) is 6.40. The van der Waals surface area contributed by atoms with Crippen LogP contribution in [0.3, 0.4) is 0 Å². The number of carboxylic acid groups (broad SMARTS) is 1. The van der Waals surface area contributed by atoms with Gasteiger partial charge in [0.25, 0.3) is 5.91 Å². The molecule has 0 bridgehead atoms. The molecule has 2 atom stereocenters. The van der Waals surface area contributed by atoms with Crippen molar-refractivity contribution in [3.8, 4) is 22.9 Å². The Morgan fingerprint density at radius 1 is 1.21 bits per heavy atom. The van der Waals surface area contributed by atoms with Gasteiger partial charge in [0.2, 0.25) is 0 Å². The predicted octanol–water partition coefficient (Wildman–Crippen LogP) is 5.74. The lowest BCUT2D eigenvalue weighted by Crippen LogP contribution is -2.25. The van der Waals surface area contributed by atoms with Crippen molar-refractivity contribution in [1.29, 1.82) is 5.26 Å². The minimum atomic E-state index is -0.941. The number of fused-ring (bicyclic) bond motifs is 1. The Labute approximate surface area is 202 Å². The van der Waals surface area contributed by atoms with Gasteiger partial charge in [-0.3, -0.25) is 9.59 Å². The maximum Gasteiger partial charge on any atom is 0.305 e. The van der Waals surface area contributed by atoms with Crippen molar-refractivity contribution in [1.82, 2.24) is 5.32 Å². The first-order valence-electron chi connectivity index (χ1n) is 11.2. The molecular weight excluding hydrogens is 448 g/mol. The molecule has 2 unspecified atom stereocenters. The van der Waals surface area contributed by atoms with E-state index in [-0.39, 0.29) is 30.9 Å². The van der Waals surface area contributed by atoms with E-state index in [9.17, 15) is 9.59 Å². The van der Waals surface area contributed by atoms with Crippen LogP contribution in [0.2, 0.25) is 0 Å². The Morgan fingerprint density at radius 3 is 2.62 bits per heavy atom. The number of nitrogens with one attached hydrogen (secondary N) is 1. The number of carbonyl (C=O) groups is 2. The zero-order chi connectivity index (χ0) is 24.4. The Hall–Kier alpha value is -3.63. The third-order valence-electron chi connectivity index (χ3n) is 6.21. The first-order valence-corrected chi connectivity index (χ1v) is 12.0. The molecule has 2 N–H and O–H groups in total. The fourth-order valence-corrected chi connectivity index (χ4v) is 5.63. The van der Waals surface area contributed by atoms with Crippen LogP contribution in [0.1, 0.15) is 68.6 Å². The second-order valence-electron chi connectivity index (χ2n) is 8.64. The van der Waals surface area contributed by atoms with E-state index >= 15 is 0 Å². The largest absolute Gasteiger partial charge is 0.485 e. The molecule has 7 heteroatoms. The minimum Gasteiger partial charge on any atom is -0.485 e. The van der Waals surface area contributed by atoms with Gasteiger partial charge in [-0.25, -0.2) is 0 Å². The maximum absolute atomic E-state index is 12.3. The van der Waals surface area contributed by atoms with Gasteiger partial charge in [-0.1, -0.05) is 19.1 Å². The third-order valence-corrected chi connectivity index (χ3v) is 7.39. The molecule has 0 aliphatic carbocycles. The number of nitriles is 1. The fourth-order valence-electron chi connectivity index (χ4n) is 4.66. The highest BCUT2D eigenvalue weighted by Crippen LogP contribution is 2.47. The van der Waals surface area contributed by atoms with E-state index in [1.807, 2.05) is 30.3 Å². The third kappa shape index (κ3) is 4.68. The highest BCUT2D eigenvalue weighted by Gasteiger charge is 2.31. The summed E-state index contributed by atoms with van der Waals surface area (Å²) in [4.78, 5) is 24.5. The molecule has 0 saturated heterocycles. The number of hydrogen-bond donors (Lipinski definition) is 2. The zero-order valence-electron chi connectivity index (χ0n) is 19.3. The molecule has 2 heterocycles. The number of benzene rings is 2. The molecule has 0 saturated carbocycles. The highest BCUT2D eigenvalue weighted by atomic mass is 32.1. The van der Waals surface area contributed by atoms with Crippen LogP contribution in [0.15, 0.2) is 42.5 Å². The molecule has 0 spiro atoms. The normalized spacial score (nSPS) is 16.8. The number of nitrogens with zero attached hydrogens (tertiary/aromatic N) is 1. The molecule has 1 amide bonds. The van der Waals surface area contributed by atoms with Crippen LogP contribution in [0.4, 0.5) is 0 Å². The van der Waals surface area contributed by atoms with Crippen molar-refractivity contribution in [3.63, 3.8) is 0 Å². The summed E-state index contributed by atoms with van der Waals surface area (Å²) in [7, 11) is 0. The monoisotopic (exact) mass is 474 g/mol. The van der Waals surface area contributed by atoms with E-state index in [0.29, 0.717) is 10.4 Å². The minimum absolute atomic E-state index is 0.103. The average molecular weight is 475 g/mol. The van der Waals surface area contributed by atoms with Crippen LogP contribution in [0.25, 0.3) is 11.1 Å². The van der Waals surface area contributed by atoms with Gasteiger partial charge in [0.15, 0.2) is 0 Å². The quantitative estimate of drug-likeness (QED) is 0.475. The number of carboxylic acids is 1. The summed E-state index contributed by atoms with van der Waals surface area (Å²) < 4.78 is 6.44. The van der Waals surface area contributed by atoms with Gasteiger partial charge in [-0.05, 0) is 78.8 Å². The van der Waals surface area contributed by atoms with Crippen LogP contribution in [-0.2, 0) is 4.79 Å². The number of hydrogen-bond acceptors (Lipinski definition) is 5.